The molecular formula is C19H18F3N3O3. The van der Waals surface area contributed by atoms with E-state index in [-0.39, 0.29) is 12.4 Å². The first-order valence-electron chi connectivity index (χ1n) is 8.38. The summed E-state index contributed by atoms with van der Waals surface area (Å²) < 4.78 is 48.0. The highest BCUT2D eigenvalue weighted by Crippen LogP contribution is 2.31. The number of imidazole rings is 1. The van der Waals surface area contributed by atoms with Gasteiger partial charge in [0.15, 0.2) is 0 Å². The Kier molecular flexibility index (Phi) is 5.43. The van der Waals surface area contributed by atoms with E-state index in [4.69, 9.17) is 4.74 Å². The van der Waals surface area contributed by atoms with Gasteiger partial charge in [-0.2, -0.15) is 13.2 Å². The summed E-state index contributed by atoms with van der Waals surface area (Å²) in [5.41, 5.74) is 1.86. The molecule has 2 aromatic carbocycles. The van der Waals surface area contributed by atoms with Gasteiger partial charge < -0.3 is 19.8 Å². The van der Waals surface area contributed by atoms with Crippen molar-refractivity contribution in [1.29, 1.82) is 0 Å². The molecule has 0 bridgehead atoms. The molecule has 0 amide bonds. The van der Waals surface area contributed by atoms with Crippen LogP contribution in [0, 0.1) is 0 Å². The largest absolute Gasteiger partial charge is 0.496 e. The van der Waals surface area contributed by atoms with E-state index in [1.165, 1.54) is 26.4 Å². The second kappa shape index (κ2) is 7.79. The van der Waals surface area contributed by atoms with Crippen LogP contribution in [-0.2, 0) is 22.1 Å². The summed E-state index contributed by atoms with van der Waals surface area (Å²) in [6.07, 6.45) is -3.74. The van der Waals surface area contributed by atoms with Gasteiger partial charge in [0.1, 0.15) is 5.75 Å². The lowest BCUT2D eigenvalue weighted by Crippen LogP contribution is -2.04. The van der Waals surface area contributed by atoms with Crippen molar-refractivity contribution in [3.63, 3.8) is 0 Å². The Hall–Kier alpha value is -3.23. The zero-order chi connectivity index (χ0) is 20.3. The fourth-order valence-electron chi connectivity index (χ4n) is 2.74. The van der Waals surface area contributed by atoms with Crippen LogP contribution in [0.2, 0.25) is 0 Å². The number of esters is 1. The van der Waals surface area contributed by atoms with Gasteiger partial charge in [-0.1, -0.05) is 0 Å². The topological polar surface area (TPSA) is 76.2 Å². The van der Waals surface area contributed by atoms with Crippen molar-refractivity contribution < 1.29 is 27.4 Å². The first-order valence-corrected chi connectivity index (χ1v) is 8.38. The molecular weight excluding hydrogens is 375 g/mol. The monoisotopic (exact) mass is 393 g/mol. The van der Waals surface area contributed by atoms with Crippen LogP contribution < -0.4 is 10.1 Å². The van der Waals surface area contributed by atoms with Crippen molar-refractivity contribution in [2.24, 2.45) is 0 Å². The Morgan fingerprint density at radius 1 is 1.18 bits per heavy atom. The zero-order valence-electron chi connectivity index (χ0n) is 15.2. The quantitative estimate of drug-likeness (QED) is 0.606. The second-order valence-corrected chi connectivity index (χ2v) is 6.04. The highest BCUT2D eigenvalue weighted by Gasteiger charge is 2.29. The predicted octanol–water partition coefficient (Wildman–Crippen LogP) is 4.44. The number of carbonyl (C=O) groups excluding carboxylic acids is 1. The molecule has 0 radical (unpaired) electrons. The molecule has 28 heavy (non-hydrogen) atoms. The molecule has 3 rings (SSSR count). The van der Waals surface area contributed by atoms with Crippen molar-refractivity contribution in [3.05, 3.63) is 47.5 Å². The summed E-state index contributed by atoms with van der Waals surface area (Å²) >= 11 is 0. The molecule has 0 aliphatic heterocycles. The molecule has 6 nitrogen and oxygen atoms in total. The van der Waals surface area contributed by atoms with Gasteiger partial charge >= 0.3 is 12.1 Å². The number of fused-ring (bicyclic) bond motifs is 1. The van der Waals surface area contributed by atoms with Gasteiger partial charge in [-0.15, -0.1) is 0 Å². The van der Waals surface area contributed by atoms with Crippen molar-refractivity contribution in [3.8, 4) is 5.75 Å². The van der Waals surface area contributed by atoms with E-state index in [1.807, 2.05) is 0 Å². The van der Waals surface area contributed by atoms with Crippen molar-refractivity contribution in [2.75, 3.05) is 19.5 Å². The average Bonchev–Trinajstić information content (AvgIpc) is 3.05. The predicted molar refractivity (Wildman–Crippen MR) is 97.7 cm³/mol. The number of hydrogen-bond acceptors (Lipinski definition) is 5. The Morgan fingerprint density at radius 2 is 1.89 bits per heavy atom. The summed E-state index contributed by atoms with van der Waals surface area (Å²) in [5, 5.41) is 2.94. The lowest BCUT2D eigenvalue weighted by molar-refractivity contribution is -0.140. The third kappa shape index (κ3) is 4.36. The van der Waals surface area contributed by atoms with Gasteiger partial charge in [-0.05, 0) is 42.3 Å². The van der Waals surface area contributed by atoms with E-state index < -0.39 is 11.7 Å². The molecule has 3 aromatic rings. The second-order valence-electron chi connectivity index (χ2n) is 6.04. The maximum absolute atomic E-state index is 12.7. The number of carbonyl (C=O) groups is 1. The summed E-state index contributed by atoms with van der Waals surface area (Å²) in [4.78, 5) is 18.8. The number of methoxy groups -OCH3 is 2. The Morgan fingerprint density at radius 3 is 2.50 bits per heavy atom. The zero-order valence-corrected chi connectivity index (χ0v) is 15.2. The summed E-state index contributed by atoms with van der Waals surface area (Å²) in [6, 6.07) is 8.22. The van der Waals surface area contributed by atoms with Crippen LogP contribution in [0.5, 0.6) is 5.75 Å². The first kappa shape index (κ1) is 19.5. The number of aromatic nitrogens is 2. The van der Waals surface area contributed by atoms with E-state index in [0.717, 1.165) is 17.7 Å². The Labute approximate surface area is 158 Å². The first-order chi connectivity index (χ1) is 13.3. The highest BCUT2D eigenvalue weighted by atomic mass is 19.4. The smallest absolute Gasteiger partial charge is 0.416 e. The molecule has 0 fully saturated rings. The fourth-order valence-corrected chi connectivity index (χ4v) is 2.74. The lowest BCUT2D eigenvalue weighted by atomic mass is 10.1. The van der Waals surface area contributed by atoms with E-state index in [9.17, 15) is 18.0 Å². The molecule has 1 aromatic heterocycles. The van der Waals surface area contributed by atoms with Gasteiger partial charge in [0, 0.05) is 18.2 Å². The number of H-pyrrole nitrogens is 1. The third-order valence-electron chi connectivity index (χ3n) is 4.19. The molecule has 148 valence electrons. The number of alkyl halides is 3. The van der Waals surface area contributed by atoms with Gasteiger partial charge in [-0.3, -0.25) is 4.79 Å². The number of rotatable bonds is 6. The lowest BCUT2D eigenvalue weighted by Gasteiger charge is -2.07. The number of aromatic amines is 1. The molecule has 0 unspecified atom stereocenters. The number of aryl methyl sites for hydroxylation is 1. The minimum Gasteiger partial charge on any atom is -0.496 e. The number of ether oxygens (including phenoxy) is 2. The molecule has 2 N–H and O–H groups in total. The molecule has 1 heterocycles. The standard InChI is InChI=1S/C19H18F3N3O3/c1-27-16-10-15-14(9-11(16)3-8-17(26)28-2)24-18(25-15)23-13-6-4-12(5-7-13)19(20,21)22/h4-7,9-10H,3,8H2,1-2H3,(H2,23,24,25). The van der Waals surface area contributed by atoms with Crippen LogP contribution in [0.1, 0.15) is 17.5 Å². The van der Waals surface area contributed by atoms with E-state index in [2.05, 4.69) is 20.0 Å². The maximum atomic E-state index is 12.7. The third-order valence-corrected chi connectivity index (χ3v) is 4.19. The average molecular weight is 393 g/mol. The molecule has 0 aliphatic rings. The SMILES string of the molecule is COC(=O)CCc1cc2nc(Nc3ccc(C(F)(F)F)cc3)[nH]c2cc1OC. The number of anilines is 2. The minimum atomic E-state index is -4.38. The van der Waals surface area contributed by atoms with Gasteiger partial charge in [-0.25, -0.2) is 4.98 Å². The van der Waals surface area contributed by atoms with Crippen LogP contribution in [0.4, 0.5) is 24.8 Å². The van der Waals surface area contributed by atoms with Crippen molar-refractivity contribution >= 4 is 28.6 Å². The van der Waals surface area contributed by atoms with E-state index >= 15 is 0 Å². The molecule has 0 aliphatic carbocycles. The summed E-state index contributed by atoms with van der Waals surface area (Å²) in [6.45, 7) is 0. The van der Waals surface area contributed by atoms with Crippen LogP contribution >= 0.6 is 0 Å². The van der Waals surface area contributed by atoms with Crippen LogP contribution in [0.25, 0.3) is 11.0 Å². The number of nitrogens with one attached hydrogen (secondary N) is 2. The van der Waals surface area contributed by atoms with Gasteiger partial charge in [0.25, 0.3) is 0 Å². The maximum Gasteiger partial charge on any atom is 0.416 e. The van der Waals surface area contributed by atoms with Crippen LogP contribution in [0.15, 0.2) is 36.4 Å². The molecule has 0 saturated carbocycles. The van der Waals surface area contributed by atoms with Crippen LogP contribution in [-0.4, -0.2) is 30.2 Å². The Balaban J connectivity index is 1.82. The van der Waals surface area contributed by atoms with Crippen molar-refractivity contribution in [2.45, 2.75) is 19.0 Å². The van der Waals surface area contributed by atoms with Crippen molar-refractivity contribution in [1.82, 2.24) is 9.97 Å². The molecule has 9 heteroatoms. The summed E-state index contributed by atoms with van der Waals surface area (Å²) in [5.74, 6) is 0.650. The summed E-state index contributed by atoms with van der Waals surface area (Å²) in [7, 11) is 2.86. The van der Waals surface area contributed by atoms with Gasteiger partial charge in [0.2, 0.25) is 5.95 Å². The molecule has 0 saturated heterocycles. The van der Waals surface area contributed by atoms with E-state index in [1.54, 1.807) is 12.1 Å². The fraction of sp³-hybridized carbons (Fsp3) is 0.263. The highest BCUT2D eigenvalue weighted by molar-refractivity contribution is 5.81. The Bertz CT molecular complexity index is 982. The number of halogens is 3. The van der Waals surface area contributed by atoms with E-state index in [0.29, 0.717) is 34.8 Å². The molecule has 0 atom stereocenters. The molecule has 0 spiro atoms. The minimum absolute atomic E-state index is 0.208. The number of hydrogen-bond donors (Lipinski definition) is 2. The van der Waals surface area contributed by atoms with Crippen LogP contribution in [0.3, 0.4) is 0 Å². The number of benzene rings is 2. The normalized spacial score (nSPS) is 11.5. The van der Waals surface area contributed by atoms with Gasteiger partial charge in [0.05, 0.1) is 30.8 Å². The number of nitrogens with zero attached hydrogens (tertiary/aromatic N) is 1.